The van der Waals surface area contributed by atoms with Crippen molar-refractivity contribution in [1.82, 2.24) is 10.6 Å². The first-order chi connectivity index (χ1) is 15.1. The Hall–Kier alpha value is -2.75. The lowest BCUT2D eigenvalue weighted by molar-refractivity contribution is -0.142. The van der Waals surface area contributed by atoms with Crippen molar-refractivity contribution in [2.45, 2.75) is 52.2 Å². The Morgan fingerprint density at radius 1 is 1.16 bits per heavy atom. The molecule has 2 rings (SSSR count). The van der Waals surface area contributed by atoms with E-state index in [9.17, 15) is 24.3 Å². The molecule has 0 aromatic heterocycles. The van der Waals surface area contributed by atoms with Crippen LogP contribution >= 0.6 is 11.8 Å². The number of urea groups is 1. The Balaban J connectivity index is 2.28. The lowest BCUT2D eigenvalue weighted by atomic mass is 9.97. The summed E-state index contributed by atoms with van der Waals surface area (Å²) in [5.74, 6) is -1.90. The Labute approximate surface area is 192 Å². The van der Waals surface area contributed by atoms with Gasteiger partial charge in [-0.3, -0.25) is 14.5 Å². The number of benzene rings is 1. The smallest absolute Gasteiger partial charge is 0.326 e. The van der Waals surface area contributed by atoms with Crippen molar-refractivity contribution < 1.29 is 24.3 Å². The van der Waals surface area contributed by atoms with E-state index in [1.807, 2.05) is 20.1 Å². The van der Waals surface area contributed by atoms with Gasteiger partial charge in [0.05, 0.1) is 11.4 Å². The molecule has 9 nitrogen and oxygen atoms in total. The highest BCUT2D eigenvalue weighted by molar-refractivity contribution is 7.98. The number of anilines is 2. The number of amides is 4. The van der Waals surface area contributed by atoms with Crippen LogP contribution in [-0.4, -0.2) is 59.1 Å². The number of nitrogens with zero attached hydrogens (tertiary/aromatic N) is 1. The molecule has 0 saturated heterocycles. The SMILES string of the molecule is CSCC[C@H](NC(=O)[C@@H](NC(=O)N1c2ccccc2NC(=O)[C@@H]1C(C)C)C(C)C)C(=O)O. The minimum absolute atomic E-state index is 0.177. The number of hydrogen-bond acceptors (Lipinski definition) is 5. The third kappa shape index (κ3) is 5.93. The third-order valence-corrected chi connectivity index (χ3v) is 5.92. The standard InChI is InChI=1S/C22H32N4O5S/c1-12(2)17(19(27)24-15(21(29)30)10-11-32-5)25-22(31)26-16-9-7-6-8-14(16)23-20(28)18(26)13(3)4/h6-9,12-13,15,17-18H,10-11H2,1-5H3,(H,23,28)(H,24,27)(H,25,31)(H,29,30)/t15-,17-,18-/m0/s1. The maximum absolute atomic E-state index is 13.4. The second-order valence-electron chi connectivity index (χ2n) is 8.42. The molecular formula is C22H32N4O5S. The van der Waals surface area contributed by atoms with Crippen LogP contribution in [0, 0.1) is 11.8 Å². The second kappa shape index (κ2) is 11.2. The van der Waals surface area contributed by atoms with Gasteiger partial charge < -0.3 is 21.1 Å². The molecule has 1 aromatic carbocycles. The molecule has 1 heterocycles. The van der Waals surface area contributed by atoms with Gasteiger partial charge in [0.25, 0.3) is 0 Å². The number of hydrogen-bond donors (Lipinski definition) is 4. The monoisotopic (exact) mass is 464 g/mol. The predicted molar refractivity (Wildman–Crippen MR) is 126 cm³/mol. The number of nitrogens with one attached hydrogen (secondary N) is 3. The molecule has 4 amide bonds. The summed E-state index contributed by atoms with van der Waals surface area (Å²) in [5, 5.41) is 17.5. The highest BCUT2D eigenvalue weighted by Gasteiger charge is 2.40. The van der Waals surface area contributed by atoms with Gasteiger partial charge in [0.2, 0.25) is 11.8 Å². The van der Waals surface area contributed by atoms with Crippen molar-refractivity contribution in [3.8, 4) is 0 Å². The maximum atomic E-state index is 13.4. The molecule has 1 aliphatic heterocycles. The predicted octanol–water partition coefficient (Wildman–Crippen LogP) is 2.53. The van der Waals surface area contributed by atoms with E-state index in [4.69, 9.17) is 0 Å². The molecule has 3 atom stereocenters. The Kier molecular flexibility index (Phi) is 8.94. The first-order valence-electron chi connectivity index (χ1n) is 10.6. The van der Waals surface area contributed by atoms with E-state index in [0.717, 1.165) is 0 Å². The molecule has 0 radical (unpaired) electrons. The first-order valence-corrected chi connectivity index (χ1v) is 12.0. The zero-order chi connectivity index (χ0) is 24.0. The average Bonchev–Trinajstić information content (AvgIpc) is 2.72. The van der Waals surface area contributed by atoms with Gasteiger partial charge in [-0.05, 0) is 42.4 Å². The minimum atomic E-state index is -1.12. The van der Waals surface area contributed by atoms with E-state index in [1.165, 1.54) is 16.7 Å². The normalized spacial score (nSPS) is 17.4. The fourth-order valence-electron chi connectivity index (χ4n) is 3.59. The number of carboxylic acids is 1. The summed E-state index contributed by atoms with van der Waals surface area (Å²) in [7, 11) is 0. The Morgan fingerprint density at radius 2 is 1.81 bits per heavy atom. The fourth-order valence-corrected chi connectivity index (χ4v) is 4.06. The van der Waals surface area contributed by atoms with E-state index < -0.39 is 36.0 Å². The van der Waals surface area contributed by atoms with Crippen molar-refractivity contribution in [3.05, 3.63) is 24.3 Å². The molecule has 0 unspecified atom stereocenters. The summed E-state index contributed by atoms with van der Waals surface area (Å²) in [6, 6.07) is 3.61. The van der Waals surface area contributed by atoms with Crippen molar-refractivity contribution >= 4 is 47.0 Å². The fraction of sp³-hybridized carbons (Fsp3) is 0.545. The molecule has 10 heteroatoms. The largest absolute Gasteiger partial charge is 0.480 e. The number of carboxylic acid groups (broad SMARTS) is 1. The van der Waals surface area contributed by atoms with Gasteiger partial charge in [-0.15, -0.1) is 0 Å². The number of thioether (sulfide) groups is 1. The number of carbonyl (C=O) groups excluding carboxylic acids is 3. The lowest BCUT2D eigenvalue weighted by Gasteiger charge is -2.39. The van der Waals surface area contributed by atoms with Crippen LogP contribution in [0.1, 0.15) is 34.1 Å². The molecule has 1 aromatic rings. The van der Waals surface area contributed by atoms with Gasteiger partial charge in [0, 0.05) is 0 Å². The summed E-state index contributed by atoms with van der Waals surface area (Å²) < 4.78 is 0. The molecule has 0 fully saturated rings. The van der Waals surface area contributed by atoms with E-state index in [-0.39, 0.29) is 24.2 Å². The summed E-state index contributed by atoms with van der Waals surface area (Å²) in [5.41, 5.74) is 1.05. The highest BCUT2D eigenvalue weighted by atomic mass is 32.2. The first kappa shape index (κ1) is 25.5. The summed E-state index contributed by atoms with van der Waals surface area (Å²) in [4.78, 5) is 51.9. The molecule has 4 N–H and O–H groups in total. The van der Waals surface area contributed by atoms with Crippen LogP contribution in [0.5, 0.6) is 0 Å². The Morgan fingerprint density at radius 3 is 2.38 bits per heavy atom. The molecule has 0 saturated carbocycles. The molecule has 0 aliphatic carbocycles. The molecular weight excluding hydrogens is 432 g/mol. The summed E-state index contributed by atoms with van der Waals surface area (Å²) in [6.45, 7) is 7.21. The summed E-state index contributed by atoms with van der Waals surface area (Å²) >= 11 is 1.49. The zero-order valence-electron chi connectivity index (χ0n) is 19.0. The van der Waals surface area contributed by atoms with Gasteiger partial charge in [0.1, 0.15) is 18.1 Å². The number of carbonyl (C=O) groups is 4. The van der Waals surface area contributed by atoms with E-state index in [1.54, 1.807) is 38.1 Å². The number of fused-ring (bicyclic) bond motifs is 1. The highest BCUT2D eigenvalue weighted by Crippen LogP contribution is 2.34. The van der Waals surface area contributed by atoms with Crippen molar-refractivity contribution in [3.63, 3.8) is 0 Å². The van der Waals surface area contributed by atoms with E-state index in [0.29, 0.717) is 17.1 Å². The van der Waals surface area contributed by atoms with E-state index in [2.05, 4.69) is 16.0 Å². The van der Waals surface area contributed by atoms with Crippen LogP contribution in [0.25, 0.3) is 0 Å². The van der Waals surface area contributed by atoms with E-state index >= 15 is 0 Å². The summed E-state index contributed by atoms with van der Waals surface area (Å²) in [6.07, 6.45) is 2.13. The van der Waals surface area contributed by atoms with Crippen LogP contribution < -0.4 is 20.9 Å². The lowest BCUT2D eigenvalue weighted by Crippen LogP contribution is -2.61. The van der Waals surface area contributed by atoms with Gasteiger partial charge in [0.15, 0.2) is 0 Å². The van der Waals surface area contributed by atoms with Crippen LogP contribution in [-0.2, 0) is 14.4 Å². The van der Waals surface area contributed by atoms with Crippen molar-refractivity contribution in [2.24, 2.45) is 11.8 Å². The average molecular weight is 465 g/mol. The van der Waals surface area contributed by atoms with Crippen LogP contribution in [0.3, 0.4) is 0 Å². The number of rotatable bonds is 9. The molecule has 1 aliphatic rings. The van der Waals surface area contributed by atoms with Gasteiger partial charge in [-0.2, -0.15) is 11.8 Å². The number of aliphatic carboxylic acids is 1. The topological polar surface area (TPSA) is 128 Å². The molecule has 0 spiro atoms. The van der Waals surface area contributed by atoms with Crippen molar-refractivity contribution in [2.75, 3.05) is 22.2 Å². The quantitative estimate of drug-likeness (QED) is 0.445. The second-order valence-corrected chi connectivity index (χ2v) is 9.40. The van der Waals surface area contributed by atoms with Crippen LogP contribution in [0.4, 0.5) is 16.2 Å². The zero-order valence-corrected chi connectivity index (χ0v) is 19.9. The van der Waals surface area contributed by atoms with Gasteiger partial charge >= 0.3 is 12.0 Å². The van der Waals surface area contributed by atoms with Crippen molar-refractivity contribution in [1.29, 1.82) is 0 Å². The van der Waals surface area contributed by atoms with Gasteiger partial charge in [-0.25, -0.2) is 9.59 Å². The van der Waals surface area contributed by atoms with Crippen LogP contribution in [0.2, 0.25) is 0 Å². The Bertz CT molecular complexity index is 860. The van der Waals surface area contributed by atoms with Crippen LogP contribution in [0.15, 0.2) is 24.3 Å². The molecule has 0 bridgehead atoms. The van der Waals surface area contributed by atoms with Gasteiger partial charge in [-0.1, -0.05) is 39.8 Å². The molecule has 176 valence electrons. The minimum Gasteiger partial charge on any atom is -0.480 e. The third-order valence-electron chi connectivity index (χ3n) is 5.27. The number of para-hydroxylation sites is 2. The molecule has 32 heavy (non-hydrogen) atoms. The maximum Gasteiger partial charge on any atom is 0.326 e.